The number of hydrogen-bond donors (Lipinski definition) is 0. The van der Waals surface area contributed by atoms with Gasteiger partial charge in [-0.3, -0.25) is 4.57 Å². The number of benzene rings is 7. The van der Waals surface area contributed by atoms with Crippen LogP contribution in [-0.4, -0.2) is 24.5 Å². The van der Waals surface area contributed by atoms with Gasteiger partial charge in [0, 0.05) is 43.9 Å². The van der Waals surface area contributed by atoms with E-state index in [9.17, 15) is 0 Å². The van der Waals surface area contributed by atoms with Crippen molar-refractivity contribution in [1.82, 2.24) is 24.5 Å². The van der Waals surface area contributed by atoms with Gasteiger partial charge in [-0.2, -0.15) is 0 Å². The lowest BCUT2D eigenvalue weighted by Crippen LogP contribution is -2.01. The Morgan fingerprint density at radius 2 is 0.981 bits per heavy atom. The van der Waals surface area contributed by atoms with Gasteiger partial charge < -0.3 is 8.83 Å². The Morgan fingerprint density at radius 3 is 1.81 bits per heavy atom. The summed E-state index contributed by atoms with van der Waals surface area (Å²) in [5.41, 5.74) is 9.43. The molecule has 4 aromatic heterocycles. The van der Waals surface area contributed by atoms with Crippen LogP contribution in [-0.2, 0) is 0 Å². The van der Waals surface area contributed by atoms with E-state index in [1.165, 1.54) is 0 Å². The van der Waals surface area contributed by atoms with Gasteiger partial charge in [-0.15, -0.1) is 0 Å². The van der Waals surface area contributed by atoms with Crippen LogP contribution in [0.1, 0.15) is 0 Å². The van der Waals surface area contributed by atoms with Gasteiger partial charge in [-0.1, -0.05) is 115 Å². The second-order valence-corrected chi connectivity index (χ2v) is 13.0. The van der Waals surface area contributed by atoms with Crippen LogP contribution in [0.3, 0.4) is 0 Å². The Labute approximate surface area is 302 Å². The summed E-state index contributed by atoms with van der Waals surface area (Å²) in [6.45, 7) is 0. The lowest BCUT2D eigenvalue weighted by Gasteiger charge is -2.12. The van der Waals surface area contributed by atoms with E-state index in [4.69, 9.17) is 28.8 Å². The lowest BCUT2D eigenvalue weighted by atomic mass is 10.0. The largest absolute Gasteiger partial charge is 0.456 e. The maximum Gasteiger partial charge on any atom is 0.167 e. The fourth-order valence-corrected chi connectivity index (χ4v) is 7.54. The van der Waals surface area contributed by atoms with Crippen molar-refractivity contribution in [3.05, 3.63) is 164 Å². The van der Waals surface area contributed by atoms with E-state index < -0.39 is 0 Å². The first-order valence-corrected chi connectivity index (χ1v) is 17.5. The Hall–Kier alpha value is -7.38. The molecular weight excluding hydrogens is 655 g/mol. The molecule has 11 rings (SSSR count). The summed E-state index contributed by atoms with van der Waals surface area (Å²) in [6, 6.07) is 55.0. The van der Waals surface area contributed by atoms with Crippen LogP contribution in [0.15, 0.2) is 173 Å². The minimum absolute atomic E-state index is 0.523. The Morgan fingerprint density at radius 1 is 0.396 bits per heavy atom. The Kier molecular flexibility index (Phi) is 6.42. The third-order valence-corrected chi connectivity index (χ3v) is 9.89. The second-order valence-electron chi connectivity index (χ2n) is 13.0. The number of furan rings is 2. The predicted octanol–water partition coefficient (Wildman–Crippen LogP) is 11.7. The van der Waals surface area contributed by atoms with Crippen molar-refractivity contribution in [3.8, 4) is 51.2 Å². The molecule has 0 atom stereocenters. The van der Waals surface area contributed by atoms with E-state index in [1.54, 1.807) is 0 Å². The van der Waals surface area contributed by atoms with Crippen LogP contribution in [0.5, 0.6) is 0 Å². The molecule has 7 nitrogen and oxygen atoms in total. The fraction of sp³-hybridized carbons (Fsp3) is 0. The van der Waals surface area contributed by atoms with Crippen molar-refractivity contribution < 1.29 is 8.83 Å². The summed E-state index contributed by atoms with van der Waals surface area (Å²) in [5, 5.41) is 3.90. The van der Waals surface area contributed by atoms with Crippen molar-refractivity contribution in [2.75, 3.05) is 0 Å². The van der Waals surface area contributed by atoms with Crippen LogP contribution in [0.25, 0.3) is 106 Å². The number of para-hydroxylation sites is 5. The van der Waals surface area contributed by atoms with Crippen LogP contribution in [0, 0.1) is 0 Å². The van der Waals surface area contributed by atoms with E-state index in [-0.39, 0.29) is 0 Å². The van der Waals surface area contributed by atoms with Crippen molar-refractivity contribution >= 4 is 54.9 Å². The SMILES string of the molecule is c1ccc(-c2nc(-c3cccc4c3oc3ccccc34)nc(-c3cccc4oc5cccc(-c6nc7ccccc7n6-c6ccccc6)c5c34)n2)cc1. The molecule has 0 aliphatic carbocycles. The van der Waals surface area contributed by atoms with Crippen LogP contribution in [0.2, 0.25) is 0 Å². The lowest BCUT2D eigenvalue weighted by molar-refractivity contribution is 0.668. The number of aromatic nitrogens is 5. The summed E-state index contributed by atoms with van der Waals surface area (Å²) in [7, 11) is 0. The highest BCUT2D eigenvalue weighted by molar-refractivity contribution is 6.17. The predicted molar refractivity (Wildman–Crippen MR) is 211 cm³/mol. The van der Waals surface area contributed by atoms with Gasteiger partial charge in [0.05, 0.1) is 16.6 Å². The van der Waals surface area contributed by atoms with Crippen LogP contribution in [0.4, 0.5) is 0 Å². The van der Waals surface area contributed by atoms with Crippen molar-refractivity contribution in [3.63, 3.8) is 0 Å². The molecule has 0 fully saturated rings. The van der Waals surface area contributed by atoms with Gasteiger partial charge in [0.1, 0.15) is 28.2 Å². The maximum absolute atomic E-state index is 6.59. The molecule has 0 aliphatic rings. The molecule has 0 amide bonds. The normalized spacial score (nSPS) is 11.8. The minimum Gasteiger partial charge on any atom is -0.456 e. The van der Waals surface area contributed by atoms with E-state index in [0.29, 0.717) is 17.5 Å². The average Bonchev–Trinajstić information content (AvgIpc) is 3.93. The summed E-state index contributed by atoms with van der Waals surface area (Å²) in [5.74, 6) is 2.43. The highest BCUT2D eigenvalue weighted by atomic mass is 16.3. The van der Waals surface area contributed by atoms with Gasteiger partial charge in [0.15, 0.2) is 17.5 Å². The molecule has 11 aromatic rings. The van der Waals surface area contributed by atoms with Crippen molar-refractivity contribution in [2.24, 2.45) is 0 Å². The van der Waals surface area contributed by atoms with Gasteiger partial charge in [-0.25, -0.2) is 19.9 Å². The van der Waals surface area contributed by atoms with E-state index in [1.807, 2.05) is 115 Å². The molecule has 0 saturated carbocycles. The molecule has 0 radical (unpaired) electrons. The summed E-state index contributed by atoms with van der Waals surface area (Å²) in [6.07, 6.45) is 0. The average molecular weight is 682 g/mol. The zero-order chi connectivity index (χ0) is 34.9. The summed E-state index contributed by atoms with van der Waals surface area (Å²) in [4.78, 5) is 20.6. The van der Waals surface area contributed by atoms with Gasteiger partial charge >= 0.3 is 0 Å². The highest BCUT2D eigenvalue weighted by Gasteiger charge is 2.24. The zero-order valence-corrected chi connectivity index (χ0v) is 28.1. The first-order valence-electron chi connectivity index (χ1n) is 17.5. The smallest absolute Gasteiger partial charge is 0.167 e. The third kappa shape index (κ3) is 4.61. The molecule has 53 heavy (non-hydrogen) atoms. The third-order valence-electron chi connectivity index (χ3n) is 9.89. The molecule has 0 N–H and O–H groups in total. The Balaban J connectivity index is 1.20. The quantitative estimate of drug-likeness (QED) is 0.180. The van der Waals surface area contributed by atoms with Gasteiger partial charge in [-0.05, 0) is 48.5 Å². The first-order chi connectivity index (χ1) is 26.3. The second kappa shape index (κ2) is 11.6. The standard InChI is InChI=1S/C46H27N5O2/c1-3-14-28(15-4-1)43-48-44(50-45(49-43)34-22-11-19-31-30-18-7-10-25-37(30)53-42(31)34)32-20-12-26-38-40(32)41-33(21-13-27-39(41)52-38)46-47-35-23-8-9-24-36(35)51(46)29-16-5-2-6-17-29/h1-27H. The molecule has 0 spiro atoms. The topological polar surface area (TPSA) is 82.8 Å². The number of imidazole rings is 1. The van der Waals surface area contributed by atoms with Gasteiger partial charge in [0.25, 0.3) is 0 Å². The van der Waals surface area contributed by atoms with E-state index in [2.05, 4.69) is 53.1 Å². The highest BCUT2D eigenvalue weighted by Crippen LogP contribution is 2.43. The van der Waals surface area contributed by atoms with Crippen LogP contribution >= 0.6 is 0 Å². The molecule has 0 aliphatic heterocycles. The minimum atomic E-state index is 0.523. The molecule has 0 unspecified atom stereocenters. The summed E-state index contributed by atoms with van der Waals surface area (Å²) >= 11 is 0. The number of nitrogens with zero attached hydrogens (tertiary/aromatic N) is 5. The van der Waals surface area contributed by atoms with Crippen LogP contribution < -0.4 is 0 Å². The van der Waals surface area contributed by atoms with E-state index >= 15 is 0 Å². The monoisotopic (exact) mass is 681 g/mol. The van der Waals surface area contributed by atoms with Crippen molar-refractivity contribution in [1.29, 1.82) is 0 Å². The molecule has 0 bridgehead atoms. The molecule has 0 saturated heterocycles. The molecule has 7 aromatic carbocycles. The van der Waals surface area contributed by atoms with E-state index in [0.717, 1.165) is 88.7 Å². The molecule has 7 heteroatoms. The number of rotatable bonds is 5. The molecule has 4 heterocycles. The molecular formula is C46H27N5O2. The van der Waals surface area contributed by atoms with Crippen molar-refractivity contribution in [2.45, 2.75) is 0 Å². The number of hydrogen-bond acceptors (Lipinski definition) is 6. The van der Waals surface area contributed by atoms with Gasteiger partial charge in [0.2, 0.25) is 0 Å². The first kappa shape index (κ1) is 29.4. The maximum atomic E-state index is 6.59. The number of fused-ring (bicyclic) bond motifs is 7. The molecule has 248 valence electrons. The fourth-order valence-electron chi connectivity index (χ4n) is 7.54. The zero-order valence-electron chi connectivity index (χ0n) is 28.1. The Bertz CT molecular complexity index is 3180. The summed E-state index contributed by atoms with van der Waals surface area (Å²) < 4.78 is 15.3.